The number of urea groups is 1. The molecule has 36 heavy (non-hydrogen) atoms. The molecule has 1 aliphatic heterocycles. The first-order valence-corrected chi connectivity index (χ1v) is 12.0. The number of halogens is 2. The van der Waals surface area contributed by atoms with Gasteiger partial charge in [-0.05, 0) is 80.5 Å². The summed E-state index contributed by atoms with van der Waals surface area (Å²) < 4.78 is 19.5. The first-order valence-electron chi connectivity index (χ1n) is 11.2. The van der Waals surface area contributed by atoms with Crippen LogP contribution in [0, 0.1) is 5.82 Å². The summed E-state index contributed by atoms with van der Waals surface area (Å²) in [5, 5.41) is 2.24. The Hall–Kier alpha value is -3.78. The zero-order chi connectivity index (χ0) is 26.0. The van der Waals surface area contributed by atoms with Crippen molar-refractivity contribution < 1.29 is 23.5 Å². The second kappa shape index (κ2) is 10.1. The molecule has 0 saturated carbocycles. The molecule has 0 unspecified atom stereocenters. The number of hydrogen-bond donors (Lipinski definition) is 1. The van der Waals surface area contributed by atoms with Crippen LogP contribution in [0.5, 0.6) is 5.75 Å². The second-order valence-corrected chi connectivity index (χ2v) is 10.2. The number of hydrogen-bond acceptors (Lipinski definition) is 4. The molecular formula is C28H24BrFN2O4. The molecule has 3 aromatic rings. The Labute approximate surface area is 216 Å². The predicted molar refractivity (Wildman–Crippen MR) is 139 cm³/mol. The summed E-state index contributed by atoms with van der Waals surface area (Å²) in [6, 6.07) is 17.4. The minimum Gasteiger partial charge on any atom is -0.488 e. The number of amides is 4. The number of benzene rings is 3. The van der Waals surface area contributed by atoms with E-state index in [1.807, 2.05) is 12.1 Å². The zero-order valence-electron chi connectivity index (χ0n) is 20.0. The van der Waals surface area contributed by atoms with Crippen molar-refractivity contribution in [1.82, 2.24) is 5.32 Å². The van der Waals surface area contributed by atoms with E-state index in [-0.39, 0.29) is 23.4 Å². The van der Waals surface area contributed by atoms with Crippen LogP contribution in [-0.4, -0.2) is 17.8 Å². The van der Waals surface area contributed by atoms with Crippen molar-refractivity contribution in [3.63, 3.8) is 0 Å². The highest BCUT2D eigenvalue weighted by molar-refractivity contribution is 9.10. The lowest BCUT2D eigenvalue weighted by Gasteiger charge is -2.27. The van der Waals surface area contributed by atoms with E-state index >= 15 is 0 Å². The molecule has 0 bridgehead atoms. The van der Waals surface area contributed by atoms with E-state index in [0.717, 1.165) is 16.0 Å². The summed E-state index contributed by atoms with van der Waals surface area (Å²) in [7, 11) is 0. The van der Waals surface area contributed by atoms with Gasteiger partial charge in [0.25, 0.3) is 11.8 Å². The minimum atomic E-state index is -0.795. The van der Waals surface area contributed by atoms with Crippen molar-refractivity contribution in [3.8, 4) is 5.75 Å². The molecule has 0 spiro atoms. The fourth-order valence-corrected chi connectivity index (χ4v) is 4.15. The van der Waals surface area contributed by atoms with Gasteiger partial charge < -0.3 is 4.74 Å². The number of imide groups is 2. The number of nitrogens with one attached hydrogen (secondary N) is 1. The van der Waals surface area contributed by atoms with Crippen LogP contribution in [-0.2, 0) is 21.6 Å². The largest absolute Gasteiger partial charge is 0.488 e. The van der Waals surface area contributed by atoms with Crippen LogP contribution in [0.15, 0.2) is 76.8 Å². The van der Waals surface area contributed by atoms with Gasteiger partial charge >= 0.3 is 6.03 Å². The summed E-state index contributed by atoms with van der Waals surface area (Å²) >= 11 is 3.44. The molecule has 184 valence electrons. The van der Waals surface area contributed by atoms with Crippen molar-refractivity contribution in [1.29, 1.82) is 0 Å². The van der Waals surface area contributed by atoms with Gasteiger partial charge in [-0.25, -0.2) is 14.1 Å². The number of rotatable bonds is 5. The van der Waals surface area contributed by atoms with Crippen LogP contribution in [0.25, 0.3) is 6.08 Å². The van der Waals surface area contributed by atoms with Crippen molar-refractivity contribution in [2.75, 3.05) is 4.90 Å². The third-order valence-electron chi connectivity index (χ3n) is 5.67. The Morgan fingerprint density at radius 1 is 0.972 bits per heavy atom. The summed E-state index contributed by atoms with van der Waals surface area (Å²) in [6.07, 6.45) is 1.43. The number of ether oxygens (including phenoxy) is 1. The van der Waals surface area contributed by atoms with Crippen LogP contribution in [0.3, 0.4) is 0 Å². The second-order valence-electron chi connectivity index (χ2n) is 9.36. The fourth-order valence-electron chi connectivity index (χ4n) is 3.63. The van der Waals surface area contributed by atoms with Crippen LogP contribution >= 0.6 is 15.9 Å². The maximum absolute atomic E-state index is 13.2. The van der Waals surface area contributed by atoms with E-state index in [2.05, 4.69) is 42.0 Å². The highest BCUT2D eigenvalue weighted by Gasteiger charge is 2.37. The van der Waals surface area contributed by atoms with Crippen LogP contribution in [0.2, 0.25) is 0 Å². The SMILES string of the molecule is CC(C)(C)c1ccc(N2C(=O)NC(=O)/C(=C\c3ccc(OCc4ccc(F)cc4)c(Br)c3)C2=O)cc1. The van der Waals surface area contributed by atoms with E-state index in [9.17, 15) is 18.8 Å². The molecule has 1 fully saturated rings. The van der Waals surface area contributed by atoms with Gasteiger partial charge in [0.2, 0.25) is 0 Å². The molecule has 1 N–H and O–H groups in total. The Balaban J connectivity index is 1.55. The monoisotopic (exact) mass is 550 g/mol. The number of barbiturate groups is 1. The lowest BCUT2D eigenvalue weighted by atomic mass is 9.87. The lowest BCUT2D eigenvalue weighted by molar-refractivity contribution is -0.122. The highest BCUT2D eigenvalue weighted by Crippen LogP contribution is 2.30. The summed E-state index contributed by atoms with van der Waals surface area (Å²) in [6.45, 7) is 6.44. The van der Waals surface area contributed by atoms with E-state index in [0.29, 0.717) is 21.5 Å². The van der Waals surface area contributed by atoms with Gasteiger partial charge in [-0.15, -0.1) is 0 Å². The minimum absolute atomic E-state index is 0.0873. The molecular weight excluding hydrogens is 527 g/mol. The third-order valence-corrected chi connectivity index (χ3v) is 6.29. The average Bonchev–Trinajstić information content (AvgIpc) is 2.82. The molecule has 1 saturated heterocycles. The summed E-state index contributed by atoms with van der Waals surface area (Å²) in [5.41, 5.74) is 2.53. The maximum Gasteiger partial charge on any atom is 0.335 e. The van der Waals surface area contributed by atoms with E-state index < -0.39 is 17.8 Å². The van der Waals surface area contributed by atoms with Gasteiger partial charge in [-0.2, -0.15) is 0 Å². The van der Waals surface area contributed by atoms with Gasteiger partial charge in [0.15, 0.2) is 0 Å². The molecule has 0 radical (unpaired) electrons. The Morgan fingerprint density at radius 3 is 2.25 bits per heavy atom. The maximum atomic E-state index is 13.2. The Kier molecular flexibility index (Phi) is 7.08. The van der Waals surface area contributed by atoms with Crippen molar-refractivity contribution in [2.45, 2.75) is 32.8 Å². The van der Waals surface area contributed by atoms with Gasteiger partial charge in [-0.3, -0.25) is 14.9 Å². The standard InChI is InChI=1S/C28H24BrFN2O4/c1-28(2,3)19-7-11-21(12-8-19)32-26(34)22(25(33)31-27(32)35)14-18-6-13-24(23(29)15-18)36-16-17-4-9-20(30)10-5-17/h4-15H,16H2,1-3H3,(H,31,33,35)/b22-14+. The van der Waals surface area contributed by atoms with E-state index in [4.69, 9.17) is 4.74 Å². The molecule has 6 nitrogen and oxygen atoms in total. The molecule has 3 aromatic carbocycles. The smallest absolute Gasteiger partial charge is 0.335 e. The zero-order valence-corrected chi connectivity index (χ0v) is 21.6. The van der Waals surface area contributed by atoms with Gasteiger partial charge in [0.05, 0.1) is 10.2 Å². The number of nitrogens with zero attached hydrogens (tertiary/aromatic N) is 1. The molecule has 0 aromatic heterocycles. The van der Waals surface area contributed by atoms with Gasteiger partial charge in [0.1, 0.15) is 23.7 Å². The number of carbonyl (C=O) groups excluding carboxylic acids is 3. The average molecular weight is 551 g/mol. The molecule has 1 aliphatic rings. The summed E-state index contributed by atoms with van der Waals surface area (Å²) in [4.78, 5) is 39.1. The predicted octanol–water partition coefficient (Wildman–Crippen LogP) is 6.13. The number of carbonyl (C=O) groups is 3. The molecule has 8 heteroatoms. The van der Waals surface area contributed by atoms with Crippen LogP contribution in [0.1, 0.15) is 37.5 Å². The molecule has 1 heterocycles. The molecule has 4 amide bonds. The topological polar surface area (TPSA) is 75.7 Å². The normalized spacial score (nSPS) is 15.3. The summed E-state index contributed by atoms with van der Waals surface area (Å²) in [5.74, 6) is -1.25. The first kappa shape index (κ1) is 25.3. The lowest BCUT2D eigenvalue weighted by Crippen LogP contribution is -2.54. The molecule has 0 atom stereocenters. The van der Waals surface area contributed by atoms with E-state index in [1.54, 1.807) is 42.5 Å². The van der Waals surface area contributed by atoms with Gasteiger partial charge in [-0.1, -0.05) is 51.1 Å². The molecule has 0 aliphatic carbocycles. The van der Waals surface area contributed by atoms with E-state index in [1.165, 1.54) is 18.2 Å². The highest BCUT2D eigenvalue weighted by atomic mass is 79.9. The van der Waals surface area contributed by atoms with Crippen LogP contribution in [0.4, 0.5) is 14.9 Å². The number of anilines is 1. The van der Waals surface area contributed by atoms with Crippen molar-refractivity contribution in [2.24, 2.45) is 0 Å². The van der Waals surface area contributed by atoms with Crippen LogP contribution < -0.4 is 15.0 Å². The Bertz CT molecular complexity index is 1360. The third kappa shape index (κ3) is 5.54. The van der Waals surface area contributed by atoms with Crippen molar-refractivity contribution >= 4 is 45.5 Å². The first-order chi connectivity index (χ1) is 17.0. The Morgan fingerprint density at radius 2 is 1.64 bits per heavy atom. The van der Waals surface area contributed by atoms with Gasteiger partial charge in [0, 0.05) is 0 Å². The quantitative estimate of drug-likeness (QED) is 0.306. The fraction of sp³-hybridized carbons (Fsp3) is 0.179. The van der Waals surface area contributed by atoms with Crippen molar-refractivity contribution in [3.05, 3.63) is 99.3 Å². The molecule has 4 rings (SSSR count).